The fourth-order valence-corrected chi connectivity index (χ4v) is 2.13. The molecular formula is C15H23N3. The summed E-state index contributed by atoms with van der Waals surface area (Å²) in [6, 6.07) is 4.69. The summed E-state index contributed by atoms with van der Waals surface area (Å²) in [5.74, 6) is 1.13. The molecule has 3 nitrogen and oxygen atoms in total. The van der Waals surface area contributed by atoms with Gasteiger partial charge in [0.15, 0.2) is 0 Å². The number of hydrogen-bond donors (Lipinski definition) is 1. The highest BCUT2D eigenvalue weighted by Gasteiger charge is 2.14. The van der Waals surface area contributed by atoms with Crippen LogP contribution in [0.1, 0.15) is 32.8 Å². The molecule has 0 saturated carbocycles. The van der Waals surface area contributed by atoms with E-state index in [4.69, 9.17) is 0 Å². The average Bonchev–Trinajstić information content (AvgIpc) is 2.38. The van der Waals surface area contributed by atoms with Crippen LogP contribution < -0.4 is 10.2 Å². The number of nitrogens with one attached hydrogen (secondary N) is 1. The summed E-state index contributed by atoms with van der Waals surface area (Å²) in [7, 11) is 0. The molecule has 0 unspecified atom stereocenters. The predicted octanol–water partition coefficient (Wildman–Crippen LogP) is 2.74. The van der Waals surface area contributed by atoms with Gasteiger partial charge in [0.05, 0.1) is 0 Å². The second-order valence-electron chi connectivity index (χ2n) is 5.27. The number of rotatable bonds is 4. The van der Waals surface area contributed by atoms with Crippen LogP contribution in [0.25, 0.3) is 0 Å². The van der Waals surface area contributed by atoms with Crippen molar-refractivity contribution in [2.45, 2.75) is 39.8 Å². The van der Waals surface area contributed by atoms with Crippen molar-refractivity contribution < 1.29 is 0 Å². The second-order valence-corrected chi connectivity index (χ2v) is 5.27. The van der Waals surface area contributed by atoms with Gasteiger partial charge in [0.1, 0.15) is 5.82 Å². The minimum absolute atomic E-state index is 0.501. The maximum atomic E-state index is 4.56. The summed E-state index contributed by atoms with van der Waals surface area (Å²) >= 11 is 0. The lowest BCUT2D eigenvalue weighted by molar-refractivity contribution is 0.586. The van der Waals surface area contributed by atoms with Gasteiger partial charge in [0, 0.05) is 37.4 Å². The lowest BCUT2D eigenvalue weighted by Crippen LogP contribution is -2.31. The van der Waals surface area contributed by atoms with Crippen LogP contribution in [0.5, 0.6) is 0 Å². The molecule has 0 fully saturated rings. The zero-order valence-corrected chi connectivity index (χ0v) is 11.6. The quantitative estimate of drug-likeness (QED) is 0.827. The number of anilines is 1. The van der Waals surface area contributed by atoms with Gasteiger partial charge in [-0.05, 0) is 19.4 Å². The number of aromatic nitrogens is 1. The highest BCUT2D eigenvalue weighted by atomic mass is 15.2. The van der Waals surface area contributed by atoms with Crippen molar-refractivity contribution >= 4 is 5.82 Å². The summed E-state index contributed by atoms with van der Waals surface area (Å²) in [6.07, 6.45) is 5.34. The van der Waals surface area contributed by atoms with Crippen molar-refractivity contribution in [3.05, 3.63) is 35.5 Å². The Balaban J connectivity index is 2.12. The maximum Gasteiger partial charge on any atom is 0.133 e. The molecule has 1 aromatic heterocycles. The van der Waals surface area contributed by atoms with Crippen molar-refractivity contribution in [2.24, 2.45) is 0 Å². The normalized spacial score (nSPS) is 16.0. The van der Waals surface area contributed by atoms with E-state index in [2.05, 4.69) is 48.1 Å². The summed E-state index contributed by atoms with van der Waals surface area (Å²) in [4.78, 5) is 6.93. The van der Waals surface area contributed by atoms with E-state index in [1.165, 1.54) is 11.1 Å². The van der Waals surface area contributed by atoms with Crippen molar-refractivity contribution in [1.82, 2.24) is 10.3 Å². The second kappa shape index (κ2) is 6.01. The van der Waals surface area contributed by atoms with Crippen LogP contribution in [0.15, 0.2) is 30.0 Å². The van der Waals surface area contributed by atoms with Gasteiger partial charge in [0.2, 0.25) is 0 Å². The largest absolute Gasteiger partial charge is 0.352 e. The lowest BCUT2D eigenvalue weighted by atomic mass is 10.1. The average molecular weight is 245 g/mol. The Morgan fingerprint density at radius 3 is 2.94 bits per heavy atom. The molecule has 1 N–H and O–H groups in total. The lowest BCUT2D eigenvalue weighted by Gasteiger charge is -2.28. The molecule has 0 atom stereocenters. The van der Waals surface area contributed by atoms with Gasteiger partial charge in [-0.15, -0.1) is 0 Å². The molecule has 0 aliphatic carbocycles. The van der Waals surface area contributed by atoms with Crippen LogP contribution in [-0.2, 0) is 6.54 Å². The topological polar surface area (TPSA) is 28.2 Å². The Labute approximate surface area is 110 Å². The smallest absolute Gasteiger partial charge is 0.133 e. The molecule has 0 saturated heterocycles. The SMILES string of the molecule is CC1=CCN(c2ncccc2CNC(C)C)CC1. The molecule has 2 heterocycles. The van der Waals surface area contributed by atoms with Gasteiger partial charge in [-0.25, -0.2) is 4.98 Å². The first-order chi connectivity index (χ1) is 8.66. The van der Waals surface area contributed by atoms with Gasteiger partial charge < -0.3 is 10.2 Å². The Kier molecular flexibility index (Phi) is 4.37. The van der Waals surface area contributed by atoms with E-state index in [1.54, 1.807) is 0 Å². The molecule has 2 rings (SSSR count). The van der Waals surface area contributed by atoms with Crippen molar-refractivity contribution in [2.75, 3.05) is 18.0 Å². The van der Waals surface area contributed by atoms with Crippen molar-refractivity contribution in [1.29, 1.82) is 0 Å². The molecular weight excluding hydrogens is 222 g/mol. The first kappa shape index (κ1) is 13.1. The first-order valence-electron chi connectivity index (χ1n) is 6.74. The molecule has 3 heteroatoms. The van der Waals surface area contributed by atoms with Crippen LogP contribution in [0.4, 0.5) is 5.82 Å². The van der Waals surface area contributed by atoms with Gasteiger partial charge in [0.25, 0.3) is 0 Å². The Morgan fingerprint density at radius 2 is 2.28 bits per heavy atom. The number of pyridine rings is 1. The Bertz CT molecular complexity index is 424. The third-order valence-corrected chi connectivity index (χ3v) is 3.30. The fourth-order valence-electron chi connectivity index (χ4n) is 2.13. The van der Waals surface area contributed by atoms with E-state index in [-0.39, 0.29) is 0 Å². The van der Waals surface area contributed by atoms with Gasteiger partial charge in [-0.2, -0.15) is 0 Å². The van der Waals surface area contributed by atoms with Crippen LogP contribution >= 0.6 is 0 Å². The van der Waals surface area contributed by atoms with Crippen LogP contribution in [0.3, 0.4) is 0 Å². The van der Waals surface area contributed by atoms with Gasteiger partial charge in [-0.3, -0.25) is 0 Å². The zero-order valence-electron chi connectivity index (χ0n) is 11.6. The third kappa shape index (κ3) is 3.33. The highest BCUT2D eigenvalue weighted by Crippen LogP contribution is 2.21. The molecule has 1 aromatic rings. The molecule has 0 amide bonds. The van der Waals surface area contributed by atoms with E-state index in [1.807, 2.05) is 12.3 Å². The minimum atomic E-state index is 0.501. The van der Waals surface area contributed by atoms with Crippen LogP contribution in [0.2, 0.25) is 0 Å². The first-order valence-corrected chi connectivity index (χ1v) is 6.74. The van der Waals surface area contributed by atoms with Crippen LogP contribution in [0, 0.1) is 0 Å². The molecule has 18 heavy (non-hydrogen) atoms. The summed E-state index contributed by atoms with van der Waals surface area (Å²) in [6.45, 7) is 9.49. The Morgan fingerprint density at radius 1 is 1.44 bits per heavy atom. The van der Waals surface area contributed by atoms with E-state index in [0.717, 1.165) is 31.9 Å². The molecule has 0 bridgehead atoms. The third-order valence-electron chi connectivity index (χ3n) is 3.30. The fraction of sp³-hybridized carbons (Fsp3) is 0.533. The predicted molar refractivity (Wildman–Crippen MR) is 76.8 cm³/mol. The summed E-state index contributed by atoms with van der Waals surface area (Å²) in [5.41, 5.74) is 2.78. The van der Waals surface area contributed by atoms with Crippen molar-refractivity contribution in [3.8, 4) is 0 Å². The van der Waals surface area contributed by atoms with Crippen molar-refractivity contribution in [3.63, 3.8) is 0 Å². The molecule has 1 aliphatic heterocycles. The zero-order chi connectivity index (χ0) is 13.0. The summed E-state index contributed by atoms with van der Waals surface area (Å²) in [5, 5.41) is 3.47. The number of nitrogens with zero attached hydrogens (tertiary/aromatic N) is 2. The van der Waals surface area contributed by atoms with Gasteiger partial charge >= 0.3 is 0 Å². The minimum Gasteiger partial charge on any atom is -0.352 e. The Hall–Kier alpha value is -1.35. The highest BCUT2D eigenvalue weighted by molar-refractivity contribution is 5.48. The maximum absolute atomic E-state index is 4.56. The molecule has 0 spiro atoms. The van der Waals surface area contributed by atoms with E-state index in [0.29, 0.717) is 6.04 Å². The van der Waals surface area contributed by atoms with Gasteiger partial charge in [-0.1, -0.05) is 31.6 Å². The van der Waals surface area contributed by atoms with Crippen LogP contribution in [-0.4, -0.2) is 24.1 Å². The molecule has 0 radical (unpaired) electrons. The molecule has 98 valence electrons. The molecule has 1 aliphatic rings. The molecule has 0 aromatic carbocycles. The monoisotopic (exact) mass is 245 g/mol. The van der Waals surface area contributed by atoms with E-state index >= 15 is 0 Å². The van der Waals surface area contributed by atoms with E-state index in [9.17, 15) is 0 Å². The number of hydrogen-bond acceptors (Lipinski definition) is 3. The van der Waals surface area contributed by atoms with E-state index < -0.39 is 0 Å². The summed E-state index contributed by atoms with van der Waals surface area (Å²) < 4.78 is 0. The standard InChI is InChI=1S/C15H23N3/c1-12(2)17-11-14-5-4-8-16-15(14)18-9-6-13(3)7-10-18/h4-6,8,12,17H,7,9-11H2,1-3H3.